The van der Waals surface area contributed by atoms with Crippen LogP contribution >= 0.6 is 0 Å². The van der Waals surface area contributed by atoms with Crippen LogP contribution in [0.1, 0.15) is 72.2 Å². The van der Waals surface area contributed by atoms with E-state index in [-0.39, 0.29) is 23.5 Å². The number of nitrogens with zero attached hydrogens (tertiary/aromatic N) is 2. The van der Waals surface area contributed by atoms with Gasteiger partial charge in [0.2, 0.25) is 5.91 Å². The first-order valence-electron chi connectivity index (χ1n) is 15.3. The molecule has 0 saturated carbocycles. The molecule has 4 rings (SSSR count). The Morgan fingerprint density at radius 1 is 1.00 bits per heavy atom. The second-order valence-electron chi connectivity index (χ2n) is 12.8. The molecule has 1 amide bonds. The number of aromatic nitrogens is 1. The summed E-state index contributed by atoms with van der Waals surface area (Å²) in [6.07, 6.45) is 0.434. The highest BCUT2D eigenvalue weighted by Crippen LogP contribution is 2.34. The Labute approximate surface area is 262 Å². The van der Waals surface area contributed by atoms with Crippen LogP contribution in [0.4, 0.5) is 13.2 Å². The molecule has 0 spiro atoms. The van der Waals surface area contributed by atoms with Crippen molar-refractivity contribution in [3.63, 3.8) is 0 Å². The molecule has 1 fully saturated rings. The van der Waals surface area contributed by atoms with E-state index in [9.17, 15) is 28.3 Å². The summed E-state index contributed by atoms with van der Waals surface area (Å²) in [7, 11) is 0. The molecule has 0 aliphatic carbocycles. The van der Waals surface area contributed by atoms with E-state index in [0.717, 1.165) is 32.9 Å². The molecule has 1 saturated heterocycles. The van der Waals surface area contributed by atoms with Crippen LogP contribution in [0, 0.1) is 45.2 Å². The third-order valence-corrected chi connectivity index (χ3v) is 8.34. The number of likely N-dealkylation sites (tertiary alicyclic amines) is 1. The highest BCUT2D eigenvalue weighted by Gasteiger charge is 2.30. The van der Waals surface area contributed by atoms with Crippen molar-refractivity contribution in [3.8, 4) is 11.1 Å². The molecule has 1 aromatic heterocycles. The Morgan fingerprint density at radius 3 is 2.22 bits per heavy atom. The molecule has 1 aliphatic heterocycles. The van der Waals surface area contributed by atoms with Gasteiger partial charge in [0.15, 0.2) is 5.82 Å². The Kier molecular flexibility index (Phi) is 10.6. The van der Waals surface area contributed by atoms with Gasteiger partial charge in [0.1, 0.15) is 18.0 Å². The summed E-state index contributed by atoms with van der Waals surface area (Å²) >= 11 is 0. The van der Waals surface area contributed by atoms with Gasteiger partial charge in [-0.05, 0) is 98.0 Å². The Bertz CT molecular complexity index is 1620. The maximum atomic E-state index is 15.7. The summed E-state index contributed by atoms with van der Waals surface area (Å²) in [5, 5.41) is 12.5. The van der Waals surface area contributed by atoms with Gasteiger partial charge in [-0.3, -0.25) is 19.3 Å². The van der Waals surface area contributed by atoms with Gasteiger partial charge >= 0.3 is 5.97 Å². The maximum Gasteiger partial charge on any atom is 0.305 e. The molecule has 2 N–H and O–H groups in total. The number of rotatable bonds is 12. The third kappa shape index (κ3) is 8.03. The smallest absolute Gasteiger partial charge is 0.305 e. The minimum absolute atomic E-state index is 0.0106. The fourth-order valence-corrected chi connectivity index (χ4v) is 6.27. The number of carbonyl (C=O) groups is 2. The predicted molar refractivity (Wildman–Crippen MR) is 168 cm³/mol. The number of carbonyl (C=O) groups excluding carboxylic acids is 1. The lowest BCUT2D eigenvalue weighted by molar-refractivity contribution is -0.138. The quantitative estimate of drug-likeness (QED) is 0.252. The average Bonchev–Trinajstić information content (AvgIpc) is 2.91. The average molecular weight is 626 g/mol. The van der Waals surface area contributed by atoms with Gasteiger partial charge < -0.3 is 15.0 Å². The van der Waals surface area contributed by atoms with Gasteiger partial charge in [-0.2, -0.15) is 0 Å². The standard InChI is InChI=1S/C35H42F3N3O4/c1-19(2)9-30(41-16-24(13-28(37)35(41)45)7-8-40-17-26(36)18-40)34(44)39-29(15-31(42)43)27-14-25(12-23(6)33(27)38)32-21(4)10-20(3)11-22(32)5/h10-14,16,19,26,29-30H,7-9,15,17-18H2,1-6H3,(H,39,44)(H,42,43)/t29-,30?/m0/s1. The van der Waals surface area contributed by atoms with Crippen LogP contribution in [0.3, 0.4) is 0 Å². The Morgan fingerprint density at radius 2 is 1.64 bits per heavy atom. The van der Waals surface area contributed by atoms with Crippen molar-refractivity contribution in [2.75, 3.05) is 19.6 Å². The van der Waals surface area contributed by atoms with Crippen LogP contribution in [0.5, 0.6) is 0 Å². The lowest BCUT2D eigenvalue weighted by Gasteiger charge is -2.34. The molecule has 1 aliphatic rings. The zero-order valence-corrected chi connectivity index (χ0v) is 26.7. The summed E-state index contributed by atoms with van der Waals surface area (Å²) in [6.45, 7) is 12.2. The topological polar surface area (TPSA) is 91.6 Å². The van der Waals surface area contributed by atoms with Crippen LogP contribution in [-0.4, -0.2) is 52.3 Å². The molecule has 0 bridgehead atoms. The number of amides is 1. The van der Waals surface area contributed by atoms with Crippen LogP contribution in [0.2, 0.25) is 0 Å². The molecule has 7 nitrogen and oxygen atoms in total. The number of aryl methyl sites for hydroxylation is 4. The zero-order valence-electron chi connectivity index (χ0n) is 26.7. The molecule has 2 heterocycles. The molecular formula is C35H42F3N3O4. The number of nitrogens with one attached hydrogen (secondary N) is 1. The van der Waals surface area contributed by atoms with Crippen molar-refractivity contribution in [3.05, 3.63) is 91.9 Å². The Balaban J connectivity index is 1.72. The molecule has 1 unspecified atom stereocenters. The first kappa shape index (κ1) is 34.0. The lowest BCUT2D eigenvalue weighted by atomic mass is 9.89. The van der Waals surface area contributed by atoms with Crippen molar-refractivity contribution in [2.45, 2.75) is 79.1 Å². The normalized spacial score (nSPS) is 15.2. The fourth-order valence-electron chi connectivity index (χ4n) is 6.27. The molecule has 10 heteroatoms. The van der Waals surface area contributed by atoms with Gasteiger partial charge in [-0.1, -0.05) is 31.5 Å². The molecule has 45 heavy (non-hydrogen) atoms. The largest absolute Gasteiger partial charge is 0.481 e. The Hall–Kier alpha value is -3.92. The highest BCUT2D eigenvalue weighted by atomic mass is 19.1. The second kappa shape index (κ2) is 14.0. The molecule has 2 atom stereocenters. The number of aliphatic carboxylic acids is 1. The highest BCUT2D eigenvalue weighted by molar-refractivity contribution is 5.82. The number of benzene rings is 2. The molecule has 0 radical (unpaired) electrons. The molecular weight excluding hydrogens is 583 g/mol. The lowest BCUT2D eigenvalue weighted by Crippen LogP contribution is -2.49. The molecule has 3 aromatic rings. The van der Waals surface area contributed by atoms with E-state index >= 15 is 4.39 Å². The van der Waals surface area contributed by atoms with E-state index in [2.05, 4.69) is 5.32 Å². The van der Waals surface area contributed by atoms with E-state index in [1.807, 2.05) is 51.7 Å². The first-order valence-corrected chi connectivity index (χ1v) is 15.3. The van der Waals surface area contributed by atoms with Gasteiger partial charge in [0, 0.05) is 31.4 Å². The maximum absolute atomic E-state index is 15.7. The van der Waals surface area contributed by atoms with Gasteiger partial charge in [0.05, 0.1) is 12.5 Å². The molecule has 2 aromatic carbocycles. The van der Waals surface area contributed by atoms with Crippen LogP contribution in [0.15, 0.2) is 41.3 Å². The first-order chi connectivity index (χ1) is 21.1. The zero-order chi connectivity index (χ0) is 33.2. The van der Waals surface area contributed by atoms with Gasteiger partial charge in [-0.15, -0.1) is 0 Å². The van der Waals surface area contributed by atoms with Crippen molar-refractivity contribution in [1.29, 1.82) is 0 Å². The predicted octanol–water partition coefficient (Wildman–Crippen LogP) is 6.14. The summed E-state index contributed by atoms with van der Waals surface area (Å²) in [5.41, 5.74) is 4.38. The van der Waals surface area contributed by atoms with E-state index in [1.54, 1.807) is 19.1 Å². The van der Waals surface area contributed by atoms with Crippen molar-refractivity contribution in [2.24, 2.45) is 5.92 Å². The summed E-state index contributed by atoms with van der Waals surface area (Å²) in [5.74, 6) is -3.74. The van der Waals surface area contributed by atoms with E-state index in [4.69, 9.17) is 0 Å². The minimum Gasteiger partial charge on any atom is -0.481 e. The van der Waals surface area contributed by atoms with E-state index < -0.39 is 53.7 Å². The third-order valence-electron chi connectivity index (χ3n) is 8.34. The number of pyridine rings is 1. The van der Waals surface area contributed by atoms with Gasteiger partial charge in [-0.25, -0.2) is 13.2 Å². The van der Waals surface area contributed by atoms with Crippen molar-refractivity contribution < 1.29 is 27.9 Å². The van der Waals surface area contributed by atoms with Crippen molar-refractivity contribution >= 4 is 11.9 Å². The SMILES string of the molecule is Cc1cc(C)c(-c2cc(C)c(F)c([C@H](CC(=O)O)NC(=O)C(CC(C)C)n3cc(CCN4CC(F)C4)cc(F)c3=O)c2)c(C)c1. The fraction of sp³-hybridized carbons (Fsp3) is 0.457. The monoisotopic (exact) mass is 625 g/mol. The summed E-state index contributed by atoms with van der Waals surface area (Å²) in [6, 6.07) is 5.98. The number of carboxylic acid groups (broad SMARTS) is 1. The van der Waals surface area contributed by atoms with Crippen LogP contribution < -0.4 is 10.9 Å². The summed E-state index contributed by atoms with van der Waals surface area (Å²) in [4.78, 5) is 40.8. The number of carboxylic acids is 1. The minimum atomic E-state index is -1.27. The second-order valence-corrected chi connectivity index (χ2v) is 12.8. The number of hydrogen-bond donors (Lipinski definition) is 2. The van der Waals surface area contributed by atoms with Crippen LogP contribution in [0.25, 0.3) is 11.1 Å². The van der Waals surface area contributed by atoms with Gasteiger partial charge in [0.25, 0.3) is 5.56 Å². The number of alkyl halides is 1. The van der Waals surface area contributed by atoms with Crippen molar-refractivity contribution in [1.82, 2.24) is 14.8 Å². The van der Waals surface area contributed by atoms with E-state index in [0.29, 0.717) is 37.2 Å². The summed E-state index contributed by atoms with van der Waals surface area (Å²) < 4.78 is 45.0. The van der Waals surface area contributed by atoms with Crippen LogP contribution in [-0.2, 0) is 16.0 Å². The molecule has 242 valence electrons. The van der Waals surface area contributed by atoms with E-state index in [1.165, 1.54) is 6.20 Å². The number of halogens is 3. The number of hydrogen-bond acceptors (Lipinski definition) is 4.